The highest BCUT2D eigenvalue weighted by Gasteiger charge is 2.24. The van der Waals surface area contributed by atoms with Crippen LogP contribution in [0.2, 0.25) is 0 Å². The van der Waals surface area contributed by atoms with Crippen LogP contribution in [-0.4, -0.2) is 34.9 Å². The molecule has 322 valence electrons. The van der Waals surface area contributed by atoms with Crippen LogP contribution >= 0.6 is 0 Å². The molecule has 0 saturated heterocycles. The summed E-state index contributed by atoms with van der Waals surface area (Å²) in [6.07, 6.45) is 0. The molecule has 0 spiro atoms. The van der Waals surface area contributed by atoms with Crippen LogP contribution in [0.5, 0.6) is 0 Å². The highest BCUT2D eigenvalue weighted by atomic mass is 16.3. The summed E-state index contributed by atoms with van der Waals surface area (Å²) in [7, 11) is 0. The number of aromatic nitrogens is 7. The SMILES string of the molecule is c1ccc(-c2nc(-c3ccccc3)nc(-c3cc(-c4nc(-c5ccccc5)nc(-c5ccccc5)n4)cc(-c4cc5c(-c6ccccc6)nc6ccccc6c5c5c4oc4ccccc45)c3)n2)cc1. The van der Waals surface area contributed by atoms with Gasteiger partial charge in [-0.3, -0.25) is 0 Å². The Bertz CT molecular complexity index is 3790. The molecule has 0 unspecified atom stereocenters. The number of fused-ring (bicyclic) bond motifs is 7. The molecule has 0 saturated carbocycles. The molecule has 8 heteroatoms. The number of benzene rings is 9. The topological polar surface area (TPSA) is 103 Å². The average molecular weight is 884 g/mol. The van der Waals surface area contributed by atoms with Gasteiger partial charge in [0.15, 0.2) is 34.9 Å². The van der Waals surface area contributed by atoms with Gasteiger partial charge in [-0.15, -0.1) is 0 Å². The maximum atomic E-state index is 7.04. The highest BCUT2D eigenvalue weighted by molar-refractivity contribution is 6.30. The molecule has 13 aromatic rings. The normalized spacial score (nSPS) is 11.5. The van der Waals surface area contributed by atoms with Gasteiger partial charge in [0, 0.05) is 71.4 Å². The summed E-state index contributed by atoms with van der Waals surface area (Å²) in [5.41, 5.74) is 11.0. The Hall–Kier alpha value is -9.53. The first-order chi connectivity index (χ1) is 34.2. The van der Waals surface area contributed by atoms with E-state index in [-0.39, 0.29) is 0 Å². The van der Waals surface area contributed by atoms with Crippen molar-refractivity contribution in [3.8, 4) is 90.7 Å². The first-order valence-corrected chi connectivity index (χ1v) is 22.8. The van der Waals surface area contributed by atoms with E-state index < -0.39 is 0 Å². The van der Waals surface area contributed by atoms with Gasteiger partial charge in [-0.25, -0.2) is 34.9 Å². The molecule has 69 heavy (non-hydrogen) atoms. The summed E-state index contributed by atoms with van der Waals surface area (Å²) < 4.78 is 7.04. The molecule has 0 bridgehead atoms. The van der Waals surface area contributed by atoms with Crippen LogP contribution in [0.1, 0.15) is 0 Å². The third-order valence-corrected chi connectivity index (χ3v) is 12.5. The number of hydrogen-bond acceptors (Lipinski definition) is 8. The van der Waals surface area contributed by atoms with Gasteiger partial charge in [-0.2, -0.15) is 0 Å². The molecular formula is C61H37N7O. The first kappa shape index (κ1) is 39.8. The second-order valence-corrected chi connectivity index (χ2v) is 16.9. The van der Waals surface area contributed by atoms with Gasteiger partial charge in [-0.1, -0.05) is 188 Å². The molecular weight excluding hydrogens is 847 g/mol. The van der Waals surface area contributed by atoms with Crippen LogP contribution in [0.15, 0.2) is 229 Å². The van der Waals surface area contributed by atoms with Crippen molar-refractivity contribution in [3.05, 3.63) is 224 Å². The maximum absolute atomic E-state index is 7.04. The zero-order chi connectivity index (χ0) is 45.7. The second-order valence-electron chi connectivity index (χ2n) is 16.9. The summed E-state index contributed by atoms with van der Waals surface area (Å²) in [6.45, 7) is 0. The number of nitrogens with zero attached hydrogens (tertiary/aromatic N) is 7. The van der Waals surface area contributed by atoms with E-state index in [9.17, 15) is 0 Å². The zero-order valence-corrected chi connectivity index (χ0v) is 36.9. The van der Waals surface area contributed by atoms with Crippen molar-refractivity contribution >= 4 is 43.6 Å². The predicted molar refractivity (Wildman–Crippen MR) is 277 cm³/mol. The van der Waals surface area contributed by atoms with Gasteiger partial charge in [0.05, 0.1) is 11.2 Å². The van der Waals surface area contributed by atoms with Crippen molar-refractivity contribution in [3.63, 3.8) is 0 Å². The number of furan rings is 1. The molecule has 0 aliphatic carbocycles. The van der Waals surface area contributed by atoms with Gasteiger partial charge in [0.2, 0.25) is 0 Å². The smallest absolute Gasteiger partial charge is 0.164 e. The van der Waals surface area contributed by atoms with Crippen molar-refractivity contribution in [1.82, 2.24) is 34.9 Å². The van der Waals surface area contributed by atoms with Gasteiger partial charge >= 0.3 is 0 Å². The number of pyridine rings is 1. The molecule has 4 heterocycles. The minimum Gasteiger partial charge on any atom is -0.455 e. The van der Waals surface area contributed by atoms with Crippen LogP contribution in [-0.2, 0) is 0 Å². The molecule has 0 fully saturated rings. The van der Waals surface area contributed by atoms with E-state index in [0.29, 0.717) is 34.9 Å². The van der Waals surface area contributed by atoms with Crippen molar-refractivity contribution in [1.29, 1.82) is 0 Å². The lowest BCUT2D eigenvalue weighted by molar-refractivity contribution is 0.670. The Morgan fingerprint density at radius 3 is 1.12 bits per heavy atom. The third-order valence-electron chi connectivity index (χ3n) is 12.5. The molecule has 0 N–H and O–H groups in total. The van der Waals surface area contributed by atoms with Gasteiger partial charge in [-0.05, 0) is 42.0 Å². The van der Waals surface area contributed by atoms with Crippen LogP contribution in [0.3, 0.4) is 0 Å². The average Bonchev–Trinajstić information content (AvgIpc) is 3.83. The molecule has 0 aliphatic rings. The van der Waals surface area contributed by atoms with Crippen LogP contribution < -0.4 is 0 Å². The molecule has 0 atom stereocenters. The molecule has 0 radical (unpaired) electrons. The first-order valence-electron chi connectivity index (χ1n) is 22.8. The van der Waals surface area contributed by atoms with Crippen molar-refractivity contribution in [2.45, 2.75) is 0 Å². The molecule has 8 nitrogen and oxygen atoms in total. The van der Waals surface area contributed by atoms with E-state index in [1.165, 1.54) is 0 Å². The Morgan fingerprint density at radius 2 is 0.638 bits per heavy atom. The predicted octanol–water partition coefficient (Wildman–Crippen LogP) is 15.0. The summed E-state index contributed by atoms with van der Waals surface area (Å²) >= 11 is 0. The largest absolute Gasteiger partial charge is 0.455 e. The van der Waals surface area contributed by atoms with E-state index >= 15 is 0 Å². The zero-order valence-electron chi connectivity index (χ0n) is 36.9. The van der Waals surface area contributed by atoms with Crippen LogP contribution in [0, 0.1) is 0 Å². The molecule has 0 aliphatic heterocycles. The minimum atomic E-state index is 0.491. The number of para-hydroxylation sites is 2. The highest BCUT2D eigenvalue weighted by Crippen LogP contribution is 2.46. The summed E-state index contributed by atoms with van der Waals surface area (Å²) in [5, 5.41) is 5.15. The van der Waals surface area contributed by atoms with E-state index in [1.807, 2.05) is 146 Å². The van der Waals surface area contributed by atoms with Crippen LogP contribution in [0.4, 0.5) is 0 Å². The monoisotopic (exact) mass is 883 g/mol. The number of rotatable bonds is 8. The van der Waals surface area contributed by atoms with E-state index in [4.69, 9.17) is 39.3 Å². The lowest BCUT2D eigenvalue weighted by Gasteiger charge is -2.16. The fourth-order valence-corrected chi connectivity index (χ4v) is 9.28. The fraction of sp³-hybridized carbons (Fsp3) is 0. The van der Waals surface area contributed by atoms with Crippen molar-refractivity contribution in [2.24, 2.45) is 0 Å². The summed E-state index contributed by atoms with van der Waals surface area (Å²) in [6, 6.07) is 75.7. The Morgan fingerprint density at radius 1 is 0.261 bits per heavy atom. The second kappa shape index (κ2) is 16.7. The Labute approximate surface area is 396 Å². The molecule has 4 aromatic heterocycles. The maximum Gasteiger partial charge on any atom is 0.164 e. The van der Waals surface area contributed by atoms with Crippen molar-refractivity contribution in [2.75, 3.05) is 0 Å². The minimum absolute atomic E-state index is 0.491. The lowest BCUT2D eigenvalue weighted by atomic mass is 9.90. The van der Waals surface area contributed by atoms with Gasteiger partial charge in [0.25, 0.3) is 0 Å². The molecule has 9 aromatic carbocycles. The fourth-order valence-electron chi connectivity index (χ4n) is 9.28. The lowest BCUT2D eigenvalue weighted by Crippen LogP contribution is -2.02. The third kappa shape index (κ3) is 7.24. The standard InChI is InChI=1S/C61H37N7O/c1-6-20-38(21-7-1)54-49-37-48(55-53(47-31-17-19-33-51(47)69-55)52(49)46-30-16-18-32-50(46)62-54)43-34-44(60-65-56(39-22-8-2-9-23-39)63-57(66-60)40-24-10-3-11-25-40)36-45(35-43)61-67-58(41-26-12-4-13-27-41)64-59(68-61)42-28-14-5-15-29-42/h1-37H. The molecule has 0 amide bonds. The van der Waals surface area contributed by atoms with Gasteiger partial charge < -0.3 is 4.42 Å². The Kier molecular flexibility index (Phi) is 9.65. The van der Waals surface area contributed by atoms with E-state index in [2.05, 4.69) is 78.9 Å². The summed E-state index contributed by atoms with van der Waals surface area (Å²) in [4.78, 5) is 36.4. The van der Waals surface area contributed by atoms with Crippen molar-refractivity contribution < 1.29 is 4.42 Å². The summed E-state index contributed by atoms with van der Waals surface area (Å²) in [5.74, 6) is 3.21. The Balaban J connectivity index is 1.15. The number of hydrogen-bond donors (Lipinski definition) is 0. The molecule has 13 rings (SSSR count). The van der Waals surface area contributed by atoms with E-state index in [1.54, 1.807) is 0 Å². The van der Waals surface area contributed by atoms with Gasteiger partial charge in [0.1, 0.15) is 11.2 Å². The van der Waals surface area contributed by atoms with E-state index in [0.717, 1.165) is 99.4 Å². The quantitative estimate of drug-likeness (QED) is 0.139. The van der Waals surface area contributed by atoms with Crippen LogP contribution in [0.25, 0.3) is 134 Å².